The van der Waals surface area contributed by atoms with Crippen LogP contribution in [0.3, 0.4) is 0 Å². The van der Waals surface area contributed by atoms with Gasteiger partial charge in [-0.15, -0.1) is 0 Å². The van der Waals surface area contributed by atoms with Crippen molar-refractivity contribution in [1.29, 1.82) is 0 Å². The lowest BCUT2D eigenvalue weighted by atomic mass is 9.97. The predicted molar refractivity (Wildman–Crippen MR) is 126 cm³/mol. The largest absolute Gasteiger partial charge is 0.396 e. The van der Waals surface area contributed by atoms with Crippen molar-refractivity contribution in [2.24, 2.45) is 0 Å². The Morgan fingerprint density at radius 1 is 0.906 bits per heavy atom. The van der Waals surface area contributed by atoms with Crippen LogP contribution in [0.15, 0.2) is 91.0 Å². The number of halogens is 1. The van der Waals surface area contributed by atoms with Gasteiger partial charge in [-0.05, 0) is 53.8 Å². The van der Waals surface area contributed by atoms with Crippen LogP contribution in [-0.4, -0.2) is 30.2 Å². The summed E-state index contributed by atoms with van der Waals surface area (Å²) in [5.41, 5.74) is 4.25. The molecule has 1 unspecified atom stereocenters. The normalized spacial score (nSPS) is 11.6. The molecule has 1 atom stereocenters. The number of aliphatic hydroxyl groups excluding tert-OH is 1. The van der Waals surface area contributed by atoms with Gasteiger partial charge in [0.05, 0.1) is 6.04 Å². The number of aliphatic hydroxyl groups is 1. The molecule has 166 valence electrons. The molecule has 32 heavy (non-hydrogen) atoms. The molecule has 0 aliphatic heterocycles. The Kier molecular flexibility index (Phi) is 9.17. The number of benzene rings is 3. The van der Waals surface area contributed by atoms with Crippen LogP contribution in [0.4, 0.5) is 4.39 Å². The SMILES string of the molecule is O=C(NCc1ccc(F)cc1)C(CCO)NCCC=C(c1ccccc1)c1ccccc1. The Bertz CT molecular complexity index is 948. The van der Waals surface area contributed by atoms with Gasteiger partial charge in [-0.25, -0.2) is 4.39 Å². The van der Waals surface area contributed by atoms with E-state index in [0.717, 1.165) is 28.7 Å². The third-order valence-corrected chi connectivity index (χ3v) is 5.17. The van der Waals surface area contributed by atoms with E-state index in [1.807, 2.05) is 36.4 Å². The number of rotatable bonds is 11. The second kappa shape index (κ2) is 12.5. The summed E-state index contributed by atoms with van der Waals surface area (Å²) in [6.45, 7) is 0.823. The zero-order chi connectivity index (χ0) is 22.6. The molecule has 0 aliphatic carbocycles. The van der Waals surface area contributed by atoms with Crippen molar-refractivity contribution < 1.29 is 14.3 Å². The summed E-state index contributed by atoms with van der Waals surface area (Å²) in [5, 5.41) is 15.5. The average molecular weight is 433 g/mol. The van der Waals surface area contributed by atoms with Gasteiger partial charge in [0.15, 0.2) is 0 Å². The number of carbonyl (C=O) groups excluding carboxylic acids is 1. The summed E-state index contributed by atoms with van der Waals surface area (Å²) < 4.78 is 13.0. The smallest absolute Gasteiger partial charge is 0.237 e. The Labute approximate surface area is 188 Å². The van der Waals surface area contributed by atoms with Gasteiger partial charge in [-0.3, -0.25) is 4.79 Å². The molecule has 4 nitrogen and oxygen atoms in total. The standard InChI is InChI=1S/C27H29FN2O2/c28-24-15-13-21(14-16-24)20-30-27(32)26(17-19-31)29-18-7-12-25(22-8-3-1-4-9-22)23-10-5-2-6-11-23/h1-6,8-16,26,29,31H,7,17-20H2,(H,30,32). The van der Waals surface area contributed by atoms with Crippen molar-refractivity contribution in [3.05, 3.63) is 114 Å². The van der Waals surface area contributed by atoms with Crippen molar-refractivity contribution in [3.63, 3.8) is 0 Å². The highest BCUT2D eigenvalue weighted by Crippen LogP contribution is 2.23. The topological polar surface area (TPSA) is 61.4 Å². The van der Waals surface area contributed by atoms with E-state index in [0.29, 0.717) is 19.5 Å². The van der Waals surface area contributed by atoms with Gasteiger partial charge in [0.25, 0.3) is 0 Å². The van der Waals surface area contributed by atoms with Crippen LogP contribution in [-0.2, 0) is 11.3 Å². The van der Waals surface area contributed by atoms with E-state index in [1.54, 1.807) is 12.1 Å². The molecule has 0 aromatic heterocycles. The summed E-state index contributed by atoms with van der Waals surface area (Å²) in [5.74, 6) is -0.489. The third kappa shape index (κ3) is 7.15. The first-order valence-corrected chi connectivity index (χ1v) is 10.8. The molecule has 3 N–H and O–H groups in total. The Morgan fingerprint density at radius 2 is 1.50 bits per heavy atom. The molecule has 0 aliphatic rings. The lowest BCUT2D eigenvalue weighted by Gasteiger charge is -2.17. The maximum Gasteiger partial charge on any atom is 0.237 e. The Morgan fingerprint density at radius 3 is 2.06 bits per heavy atom. The second-order valence-corrected chi connectivity index (χ2v) is 7.50. The van der Waals surface area contributed by atoms with E-state index in [4.69, 9.17) is 0 Å². The first kappa shape index (κ1) is 23.4. The highest BCUT2D eigenvalue weighted by atomic mass is 19.1. The fraction of sp³-hybridized carbons (Fsp3) is 0.222. The molecule has 1 amide bonds. The summed E-state index contributed by atoms with van der Waals surface area (Å²) in [7, 11) is 0. The molecular formula is C27H29FN2O2. The minimum atomic E-state index is -0.495. The quantitative estimate of drug-likeness (QED) is 0.396. The molecule has 0 heterocycles. The number of hydrogen-bond acceptors (Lipinski definition) is 3. The van der Waals surface area contributed by atoms with Crippen molar-refractivity contribution in [2.75, 3.05) is 13.2 Å². The first-order valence-electron chi connectivity index (χ1n) is 10.8. The van der Waals surface area contributed by atoms with Crippen LogP contribution in [0, 0.1) is 5.82 Å². The molecule has 0 spiro atoms. The maximum atomic E-state index is 13.0. The molecule has 0 radical (unpaired) electrons. The van der Waals surface area contributed by atoms with E-state index < -0.39 is 6.04 Å². The van der Waals surface area contributed by atoms with Crippen LogP contribution >= 0.6 is 0 Å². The third-order valence-electron chi connectivity index (χ3n) is 5.17. The van der Waals surface area contributed by atoms with Crippen molar-refractivity contribution >= 4 is 11.5 Å². The average Bonchev–Trinajstić information content (AvgIpc) is 2.84. The Hall–Kier alpha value is -3.28. The first-order chi connectivity index (χ1) is 15.7. The van der Waals surface area contributed by atoms with Crippen LogP contribution in [0.1, 0.15) is 29.5 Å². The molecule has 5 heteroatoms. The molecule has 0 bridgehead atoms. The van der Waals surface area contributed by atoms with E-state index >= 15 is 0 Å². The second-order valence-electron chi connectivity index (χ2n) is 7.50. The fourth-order valence-corrected chi connectivity index (χ4v) is 3.48. The lowest BCUT2D eigenvalue weighted by Crippen LogP contribution is -2.44. The van der Waals surface area contributed by atoms with Crippen LogP contribution in [0.5, 0.6) is 0 Å². The van der Waals surface area contributed by atoms with Crippen LogP contribution < -0.4 is 10.6 Å². The molecule has 3 aromatic rings. The number of nitrogens with one attached hydrogen (secondary N) is 2. The van der Waals surface area contributed by atoms with E-state index in [-0.39, 0.29) is 18.3 Å². The zero-order valence-corrected chi connectivity index (χ0v) is 18.0. The monoisotopic (exact) mass is 432 g/mol. The van der Waals surface area contributed by atoms with Crippen molar-refractivity contribution in [1.82, 2.24) is 10.6 Å². The van der Waals surface area contributed by atoms with Crippen molar-refractivity contribution in [3.8, 4) is 0 Å². The van der Waals surface area contributed by atoms with Gasteiger partial charge in [0.2, 0.25) is 5.91 Å². The zero-order valence-electron chi connectivity index (χ0n) is 18.0. The summed E-state index contributed by atoms with van der Waals surface area (Å²) in [6.07, 6.45) is 3.22. The number of carbonyl (C=O) groups is 1. The molecule has 3 aromatic carbocycles. The molecule has 0 saturated heterocycles. The van der Waals surface area contributed by atoms with Gasteiger partial charge in [0.1, 0.15) is 5.82 Å². The minimum Gasteiger partial charge on any atom is -0.396 e. The molecule has 3 rings (SSSR count). The maximum absolute atomic E-state index is 13.0. The lowest BCUT2D eigenvalue weighted by molar-refractivity contribution is -0.123. The summed E-state index contributed by atoms with van der Waals surface area (Å²) >= 11 is 0. The summed E-state index contributed by atoms with van der Waals surface area (Å²) in [4.78, 5) is 12.6. The van der Waals surface area contributed by atoms with Gasteiger partial charge in [0, 0.05) is 13.2 Å². The van der Waals surface area contributed by atoms with Gasteiger partial charge >= 0.3 is 0 Å². The minimum absolute atomic E-state index is 0.0866. The fourth-order valence-electron chi connectivity index (χ4n) is 3.48. The molecular weight excluding hydrogens is 403 g/mol. The molecule has 0 fully saturated rings. The van der Waals surface area contributed by atoms with Crippen LogP contribution in [0.2, 0.25) is 0 Å². The van der Waals surface area contributed by atoms with Gasteiger partial charge in [-0.2, -0.15) is 0 Å². The summed E-state index contributed by atoms with van der Waals surface area (Å²) in [6, 6.07) is 26.0. The highest BCUT2D eigenvalue weighted by Gasteiger charge is 2.16. The van der Waals surface area contributed by atoms with E-state index in [2.05, 4.69) is 41.0 Å². The molecule has 0 saturated carbocycles. The van der Waals surface area contributed by atoms with E-state index in [1.165, 1.54) is 12.1 Å². The van der Waals surface area contributed by atoms with E-state index in [9.17, 15) is 14.3 Å². The van der Waals surface area contributed by atoms with Gasteiger partial charge in [-0.1, -0.05) is 78.9 Å². The van der Waals surface area contributed by atoms with Crippen LogP contribution in [0.25, 0.3) is 5.57 Å². The number of amides is 1. The Balaban J connectivity index is 1.58. The van der Waals surface area contributed by atoms with Crippen molar-refractivity contribution in [2.45, 2.75) is 25.4 Å². The van der Waals surface area contributed by atoms with Gasteiger partial charge < -0.3 is 15.7 Å². The number of hydrogen-bond donors (Lipinski definition) is 3. The highest BCUT2D eigenvalue weighted by molar-refractivity contribution is 5.82. The predicted octanol–water partition coefficient (Wildman–Crippen LogP) is 4.30.